The molecule has 5 amide bonds. The van der Waals surface area contributed by atoms with Gasteiger partial charge in [-0.1, -0.05) is 44.2 Å². The Morgan fingerprint density at radius 1 is 0.763 bits per heavy atom. The zero-order chi connectivity index (χ0) is 28.8. The van der Waals surface area contributed by atoms with Gasteiger partial charge in [0.15, 0.2) is 0 Å². The molecule has 0 spiro atoms. The summed E-state index contributed by atoms with van der Waals surface area (Å²) in [5, 5.41) is 16.8. The van der Waals surface area contributed by atoms with Gasteiger partial charge in [0.1, 0.15) is 18.1 Å². The van der Waals surface area contributed by atoms with Gasteiger partial charge in [-0.3, -0.25) is 24.0 Å². The minimum absolute atomic E-state index is 0.0767. The minimum atomic E-state index is -1.46. The van der Waals surface area contributed by atoms with Crippen LogP contribution < -0.4 is 33.2 Å². The Hall–Kier alpha value is -4.00. The highest BCUT2D eigenvalue weighted by Crippen LogP contribution is 2.08. The fourth-order valence-corrected chi connectivity index (χ4v) is 3.60. The molecule has 0 aliphatic heterocycles. The number of nitrogens with two attached hydrogens (primary N) is 3. The predicted molar refractivity (Wildman–Crippen MR) is 138 cm³/mol. The molecule has 1 aromatic rings. The molecule has 0 aliphatic rings. The van der Waals surface area contributed by atoms with Gasteiger partial charge in [0.05, 0.1) is 6.04 Å². The van der Waals surface area contributed by atoms with Crippen molar-refractivity contribution in [2.24, 2.45) is 23.1 Å². The van der Waals surface area contributed by atoms with Crippen molar-refractivity contribution in [2.45, 2.75) is 76.5 Å². The monoisotopic (exact) mass is 534 g/mol. The smallest absolute Gasteiger partial charge is 0.326 e. The first-order valence-electron chi connectivity index (χ1n) is 12.3. The van der Waals surface area contributed by atoms with Crippen LogP contribution in [0.5, 0.6) is 0 Å². The molecule has 0 heterocycles. The van der Waals surface area contributed by atoms with Crippen LogP contribution in [0.3, 0.4) is 0 Å². The number of carboxylic acid groups (broad SMARTS) is 1. The van der Waals surface area contributed by atoms with E-state index in [1.54, 1.807) is 30.3 Å². The lowest BCUT2D eigenvalue weighted by molar-refractivity contribution is -0.142. The minimum Gasteiger partial charge on any atom is -0.480 e. The van der Waals surface area contributed by atoms with Crippen LogP contribution in [0.2, 0.25) is 0 Å². The van der Waals surface area contributed by atoms with E-state index in [0.29, 0.717) is 6.42 Å². The molecule has 0 radical (unpaired) electrons. The first-order valence-corrected chi connectivity index (χ1v) is 12.3. The number of hydrogen-bond donors (Lipinski definition) is 7. The van der Waals surface area contributed by atoms with E-state index in [-0.39, 0.29) is 38.0 Å². The molecule has 13 nitrogen and oxygen atoms in total. The normalized spacial score (nSPS) is 14.0. The van der Waals surface area contributed by atoms with Crippen LogP contribution >= 0.6 is 0 Å². The van der Waals surface area contributed by atoms with Crippen molar-refractivity contribution in [3.05, 3.63) is 35.9 Å². The summed E-state index contributed by atoms with van der Waals surface area (Å²) in [5.41, 5.74) is 17.0. The van der Waals surface area contributed by atoms with E-state index >= 15 is 0 Å². The maximum Gasteiger partial charge on any atom is 0.326 e. The zero-order valence-corrected chi connectivity index (χ0v) is 21.6. The summed E-state index contributed by atoms with van der Waals surface area (Å²) in [6.07, 6.45) is -0.616. The van der Waals surface area contributed by atoms with E-state index in [2.05, 4.69) is 16.0 Å². The van der Waals surface area contributed by atoms with Crippen LogP contribution in [0, 0.1) is 5.92 Å². The second kappa shape index (κ2) is 16.0. The Balaban J connectivity index is 3.12. The van der Waals surface area contributed by atoms with Crippen LogP contribution in [0.4, 0.5) is 0 Å². The van der Waals surface area contributed by atoms with E-state index < -0.39 is 59.7 Å². The van der Waals surface area contributed by atoms with Crippen molar-refractivity contribution < 1.29 is 33.9 Å². The summed E-state index contributed by atoms with van der Waals surface area (Å²) in [7, 11) is 0. The average Bonchev–Trinajstić information content (AvgIpc) is 2.83. The number of carbonyl (C=O) groups is 6. The van der Waals surface area contributed by atoms with Gasteiger partial charge in [-0.15, -0.1) is 0 Å². The molecule has 13 heteroatoms. The topological polar surface area (TPSA) is 237 Å². The standard InChI is InChI=1S/C25H38N6O7/c1-14(2)12-16(26)22(34)31-19(13-15-6-4-3-5-7-15)24(36)29-17(8-10-20(27)32)23(35)30-18(25(37)38)9-11-21(28)33/h3-7,14,16-19H,8-13,26H2,1-2H3,(H2,27,32)(H2,28,33)(H,29,36)(H,30,35)(H,31,34)(H,37,38). The first kappa shape index (κ1) is 32.0. The van der Waals surface area contributed by atoms with E-state index in [9.17, 15) is 33.9 Å². The molecule has 0 bridgehead atoms. The number of rotatable bonds is 17. The number of benzene rings is 1. The molecule has 4 atom stereocenters. The Bertz CT molecular complexity index is 986. The lowest BCUT2D eigenvalue weighted by Gasteiger charge is -2.25. The number of carboxylic acids is 1. The van der Waals surface area contributed by atoms with Crippen LogP contribution in [0.15, 0.2) is 30.3 Å². The van der Waals surface area contributed by atoms with Crippen molar-refractivity contribution in [3.63, 3.8) is 0 Å². The molecule has 0 fully saturated rings. The lowest BCUT2D eigenvalue weighted by Crippen LogP contribution is -2.57. The fourth-order valence-electron chi connectivity index (χ4n) is 3.60. The molecule has 210 valence electrons. The number of hydrogen-bond acceptors (Lipinski definition) is 7. The van der Waals surface area contributed by atoms with Crippen molar-refractivity contribution in [1.29, 1.82) is 0 Å². The molecule has 1 aromatic carbocycles. The van der Waals surface area contributed by atoms with Gasteiger partial charge in [0, 0.05) is 19.3 Å². The van der Waals surface area contributed by atoms with Crippen LogP contribution in [-0.2, 0) is 35.2 Å². The van der Waals surface area contributed by atoms with Gasteiger partial charge in [-0.25, -0.2) is 4.79 Å². The molecule has 10 N–H and O–H groups in total. The molecule has 38 heavy (non-hydrogen) atoms. The predicted octanol–water partition coefficient (Wildman–Crippen LogP) is -1.33. The number of aliphatic carboxylic acids is 1. The summed E-state index contributed by atoms with van der Waals surface area (Å²) in [4.78, 5) is 72.9. The maximum absolute atomic E-state index is 13.3. The average molecular weight is 535 g/mol. The van der Waals surface area contributed by atoms with E-state index in [1.807, 2.05) is 13.8 Å². The summed E-state index contributed by atoms with van der Waals surface area (Å²) in [6.45, 7) is 3.80. The summed E-state index contributed by atoms with van der Waals surface area (Å²) >= 11 is 0. The third-order valence-corrected chi connectivity index (χ3v) is 5.58. The molecular weight excluding hydrogens is 496 g/mol. The highest BCUT2D eigenvalue weighted by atomic mass is 16.4. The Morgan fingerprint density at radius 3 is 1.74 bits per heavy atom. The second-order valence-electron chi connectivity index (χ2n) is 9.46. The van der Waals surface area contributed by atoms with Gasteiger partial charge in [-0.05, 0) is 30.7 Å². The van der Waals surface area contributed by atoms with Crippen molar-refractivity contribution in [2.75, 3.05) is 0 Å². The van der Waals surface area contributed by atoms with Crippen molar-refractivity contribution in [1.82, 2.24) is 16.0 Å². The zero-order valence-electron chi connectivity index (χ0n) is 21.6. The van der Waals surface area contributed by atoms with E-state index in [4.69, 9.17) is 17.2 Å². The molecule has 0 saturated carbocycles. The molecule has 0 aromatic heterocycles. The number of nitrogens with one attached hydrogen (secondary N) is 3. The van der Waals surface area contributed by atoms with Gasteiger partial charge in [0.2, 0.25) is 29.5 Å². The third-order valence-electron chi connectivity index (χ3n) is 5.58. The fraction of sp³-hybridized carbons (Fsp3) is 0.520. The maximum atomic E-state index is 13.3. The summed E-state index contributed by atoms with van der Waals surface area (Å²) in [6, 6.07) is 4.02. The van der Waals surface area contributed by atoms with Gasteiger partial charge < -0.3 is 38.3 Å². The van der Waals surface area contributed by atoms with Crippen LogP contribution in [0.1, 0.15) is 51.5 Å². The van der Waals surface area contributed by atoms with Crippen molar-refractivity contribution in [3.8, 4) is 0 Å². The highest BCUT2D eigenvalue weighted by molar-refractivity contribution is 5.94. The van der Waals surface area contributed by atoms with Crippen LogP contribution in [-0.4, -0.2) is 64.8 Å². The SMILES string of the molecule is CC(C)CC(N)C(=O)NC(Cc1ccccc1)C(=O)NC(CCC(N)=O)C(=O)NC(CCC(N)=O)C(=O)O. The number of primary amides is 2. The van der Waals surface area contributed by atoms with E-state index in [1.165, 1.54) is 0 Å². The number of carbonyl (C=O) groups excluding carboxylic acids is 5. The summed E-state index contributed by atoms with van der Waals surface area (Å²) in [5.74, 6) is -4.96. The second-order valence-corrected chi connectivity index (χ2v) is 9.46. The Morgan fingerprint density at radius 2 is 1.24 bits per heavy atom. The molecule has 0 aliphatic carbocycles. The number of amides is 5. The highest BCUT2D eigenvalue weighted by Gasteiger charge is 2.31. The molecular formula is C25H38N6O7. The van der Waals surface area contributed by atoms with Gasteiger partial charge >= 0.3 is 5.97 Å². The van der Waals surface area contributed by atoms with Crippen LogP contribution in [0.25, 0.3) is 0 Å². The molecule has 1 rings (SSSR count). The quantitative estimate of drug-likeness (QED) is 0.126. The van der Waals surface area contributed by atoms with E-state index in [0.717, 1.165) is 5.56 Å². The largest absolute Gasteiger partial charge is 0.480 e. The molecule has 4 unspecified atom stereocenters. The van der Waals surface area contributed by atoms with Gasteiger partial charge in [-0.2, -0.15) is 0 Å². The lowest BCUT2D eigenvalue weighted by atomic mass is 10.0. The van der Waals surface area contributed by atoms with Gasteiger partial charge in [0.25, 0.3) is 0 Å². The Labute approximate surface area is 221 Å². The Kier molecular flexibility index (Phi) is 13.5. The third kappa shape index (κ3) is 12.3. The summed E-state index contributed by atoms with van der Waals surface area (Å²) < 4.78 is 0. The van der Waals surface area contributed by atoms with Crippen molar-refractivity contribution >= 4 is 35.5 Å². The molecule has 0 saturated heterocycles. The first-order chi connectivity index (χ1) is 17.8.